The van der Waals surface area contributed by atoms with E-state index >= 15 is 0 Å². The first-order chi connectivity index (χ1) is 4.95. The first kappa shape index (κ1) is 10.7. The molecule has 0 aliphatic heterocycles. The van der Waals surface area contributed by atoms with E-state index in [9.17, 15) is 0 Å². The molecule has 0 amide bonds. The van der Waals surface area contributed by atoms with Crippen LogP contribution in [0.2, 0.25) is 0 Å². The summed E-state index contributed by atoms with van der Waals surface area (Å²) < 4.78 is 0. The minimum atomic E-state index is 0.678. The molecule has 0 aromatic carbocycles. The summed E-state index contributed by atoms with van der Waals surface area (Å²) in [5, 5.41) is 0. The third kappa shape index (κ3) is 4.23. The second-order valence-corrected chi connectivity index (χ2v) is 4.29. The molecule has 0 aliphatic rings. The zero-order chi connectivity index (χ0) is 9.02. The van der Waals surface area contributed by atoms with Crippen molar-refractivity contribution in [3.05, 3.63) is 12.2 Å². The number of rotatable bonds is 4. The minimum Gasteiger partial charge on any atom is -0.0996 e. The van der Waals surface area contributed by atoms with Crippen LogP contribution in [0.1, 0.15) is 41.0 Å². The van der Waals surface area contributed by atoms with E-state index in [-0.39, 0.29) is 0 Å². The molecule has 0 saturated carbocycles. The number of hydrogen-bond acceptors (Lipinski definition) is 0. The van der Waals surface area contributed by atoms with Crippen LogP contribution in [-0.4, -0.2) is 0 Å². The minimum absolute atomic E-state index is 0.678. The predicted molar refractivity (Wildman–Crippen MR) is 52.6 cm³/mol. The van der Waals surface area contributed by atoms with Gasteiger partial charge >= 0.3 is 0 Å². The van der Waals surface area contributed by atoms with Gasteiger partial charge in [-0.05, 0) is 24.2 Å². The van der Waals surface area contributed by atoms with E-state index in [1.54, 1.807) is 0 Å². The molecule has 0 radical (unpaired) electrons. The van der Waals surface area contributed by atoms with E-state index in [1.807, 2.05) is 0 Å². The smallest absolute Gasteiger partial charge is 0.0211 e. The van der Waals surface area contributed by atoms with Crippen LogP contribution < -0.4 is 0 Å². The normalized spacial score (nSPS) is 14.1. The van der Waals surface area contributed by atoms with Gasteiger partial charge in [0, 0.05) is 0 Å². The van der Waals surface area contributed by atoms with Crippen LogP contribution in [-0.2, 0) is 0 Å². The highest BCUT2D eigenvalue weighted by molar-refractivity contribution is 5.00. The Balaban J connectivity index is 3.83. The molecule has 0 heteroatoms. The summed E-state index contributed by atoms with van der Waals surface area (Å²) >= 11 is 0. The fraction of sp³-hybridized carbons (Fsp3) is 0.818. The Kier molecular flexibility index (Phi) is 4.48. The Labute approximate surface area is 71.7 Å². The van der Waals surface area contributed by atoms with E-state index in [2.05, 4.69) is 41.2 Å². The molecule has 1 unspecified atom stereocenters. The van der Waals surface area contributed by atoms with Crippen molar-refractivity contribution in [1.82, 2.24) is 0 Å². The maximum absolute atomic E-state index is 4.12. The monoisotopic (exact) mass is 154 g/mol. The van der Waals surface area contributed by atoms with Gasteiger partial charge in [0.1, 0.15) is 0 Å². The zero-order valence-corrected chi connectivity index (χ0v) is 8.65. The van der Waals surface area contributed by atoms with Gasteiger partial charge in [-0.1, -0.05) is 46.8 Å². The first-order valence-corrected chi connectivity index (χ1v) is 4.62. The Morgan fingerprint density at radius 2 is 1.55 bits per heavy atom. The van der Waals surface area contributed by atoms with Gasteiger partial charge in [-0.15, -0.1) is 0 Å². The molecule has 0 rings (SSSR count). The van der Waals surface area contributed by atoms with Crippen LogP contribution in [0, 0.1) is 17.8 Å². The van der Waals surface area contributed by atoms with E-state index < -0.39 is 0 Å². The van der Waals surface area contributed by atoms with Crippen LogP contribution in [0.4, 0.5) is 0 Å². The average molecular weight is 154 g/mol. The average Bonchev–Trinajstić information content (AvgIpc) is 1.84. The summed E-state index contributed by atoms with van der Waals surface area (Å²) in [5.41, 5.74) is 1.41. The third-order valence-corrected chi connectivity index (χ3v) is 2.31. The van der Waals surface area contributed by atoms with Gasteiger partial charge < -0.3 is 0 Å². The lowest BCUT2D eigenvalue weighted by Gasteiger charge is -2.19. The Morgan fingerprint density at radius 1 is 1.09 bits per heavy atom. The molecule has 0 N–H and O–H groups in total. The van der Waals surface area contributed by atoms with Crippen LogP contribution in [0.5, 0.6) is 0 Å². The lowest BCUT2D eigenvalue weighted by atomic mass is 9.86. The fourth-order valence-electron chi connectivity index (χ4n) is 1.18. The Morgan fingerprint density at radius 3 is 1.82 bits per heavy atom. The van der Waals surface area contributed by atoms with Gasteiger partial charge in [-0.3, -0.25) is 0 Å². The number of allylic oxidation sites excluding steroid dienone is 1. The summed E-state index contributed by atoms with van der Waals surface area (Å²) in [6.45, 7) is 15.4. The maximum Gasteiger partial charge on any atom is -0.0211 e. The predicted octanol–water partition coefficient (Wildman–Crippen LogP) is 3.88. The van der Waals surface area contributed by atoms with Gasteiger partial charge in [-0.25, -0.2) is 0 Å². The topological polar surface area (TPSA) is 0 Å². The molecule has 11 heavy (non-hydrogen) atoms. The van der Waals surface area contributed by atoms with Crippen molar-refractivity contribution in [2.24, 2.45) is 17.8 Å². The van der Waals surface area contributed by atoms with Crippen molar-refractivity contribution in [3.63, 3.8) is 0 Å². The standard InChI is InChI=1S/C11H22/c1-8(2)7-10(5)11(6)9(3)4/h8-9,11H,5,7H2,1-4,6H3. The molecule has 0 aliphatic carbocycles. The molecule has 0 aromatic heterocycles. The van der Waals surface area contributed by atoms with Crippen molar-refractivity contribution in [3.8, 4) is 0 Å². The molecule has 0 nitrogen and oxygen atoms in total. The Bertz CT molecular complexity index is 120. The third-order valence-electron chi connectivity index (χ3n) is 2.31. The quantitative estimate of drug-likeness (QED) is 0.539. The SMILES string of the molecule is C=C(CC(C)C)C(C)C(C)C. The summed E-state index contributed by atoms with van der Waals surface area (Å²) in [6.07, 6.45) is 1.18. The second-order valence-electron chi connectivity index (χ2n) is 4.29. The van der Waals surface area contributed by atoms with Crippen LogP contribution in [0.25, 0.3) is 0 Å². The highest BCUT2D eigenvalue weighted by Gasteiger charge is 2.11. The van der Waals surface area contributed by atoms with Crippen molar-refractivity contribution in [2.75, 3.05) is 0 Å². The summed E-state index contributed by atoms with van der Waals surface area (Å²) in [7, 11) is 0. The van der Waals surface area contributed by atoms with Crippen molar-refractivity contribution >= 4 is 0 Å². The van der Waals surface area contributed by atoms with Crippen LogP contribution in [0.3, 0.4) is 0 Å². The highest BCUT2D eigenvalue weighted by atomic mass is 14.2. The van der Waals surface area contributed by atoms with Crippen molar-refractivity contribution in [2.45, 2.75) is 41.0 Å². The molecule has 1 atom stereocenters. The van der Waals surface area contributed by atoms with Gasteiger partial charge in [-0.2, -0.15) is 0 Å². The molecule has 0 bridgehead atoms. The van der Waals surface area contributed by atoms with E-state index in [0.29, 0.717) is 5.92 Å². The summed E-state index contributed by atoms with van der Waals surface area (Å²) in [6, 6.07) is 0. The van der Waals surface area contributed by atoms with Gasteiger partial charge in [0.25, 0.3) is 0 Å². The van der Waals surface area contributed by atoms with Crippen molar-refractivity contribution in [1.29, 1.82) is 0 Å². The van der Waals surface area contributed by atoms with Crippen LogP contribution in [0.15, 0.2) is 12.2 Å². The van der Waals surface area contributed by atoms with Gasteiger partial charge in [0.05, 0.1) is 0 Å². The lowest BCUT2D eigenvalue weighted by molar-refractivity contribution is 0.449. The molecular formula is C11H22. The zero-order valence-electron chi connectivity index (χ0n) is 8.65. The largest absolute Gasteiger partial charge is 0.0996 e. The highest BCUT2D eigenvalue weighted by Crippen LogP contribution is 2.23. The fourth-order valence-corrected chi connectivity index (χ4v) is 1.18. The van der Waals surface area contributed by atoms with Crippen molar-refractivity contribution < 1.29 is 0 Å². The molecule has 0 fully saturated rings. The van der Waals surface area contributed by atoms with E-state index in [4.69, 9.17) is 0 Å². The van der Waals surface area contributed by atoms with Gasteiger partial charge in [0.15, 0.2) is 0 Å². The van der Waals surface area contributed by atoms with E-state index in [0.717, 1.165) is 11.8 Å². The van der Waals surface area contributed by atoms with E-state index in [1.165, 1.54) is 12.0 Å². The first-order valence-electron chi connectivity index (χ1n) is 4.62. The van der Waals surface area contributed by atoms with Gasteiger partial charge in [0.2, 0.25) is 0 Å². The molecule has 0 spiro atoms. The summed E-state index contributed by atoms with van der Waals surface area (Å²) in [5.74, 6) is 2.17. The molecule has 0 saturated heterocycles. The summed E-state index contributed by atoms with van der Waals surface area (Å²) in [4.78, 5) is 0. The lowest BCUT2D eigenvalue weighted by Crippen LogP contribution is -2.08. The molecule has 0 aromatic rings. The maximum atomic E-state index is 4.12. The van der Waals surface area contributed by atoms with Crippen LogP contribution >= 0.6 is 0 Å². The number of hydrogen-bond donors (Lipinski definition) is 0. The molecule has 0 heterocycles. The molecular weight excluding hydrogens is 132 g/mol. The second kappa shape index (κ2) is 4.58. The molecule has 66 valence electrons. The Hall–Kier alpha value is -0.260.